The van der Waals surface area contributed by atoms with Crippen molar-refractivity contribution in [3.8, 4) is 0 Å². The van der Waals surface area contributed by atoms with Gasteiger partial charge in [-0.1, -0.05) is 23.2 Å². The fraction of sp³-hybridized carbons (Fsp3) is 0.571. The minimum atomic E-state index is 0.671. The molecule has 4 rings (SSSR count). The zero-order valence-corrected chi connectivity index (χ0v) is 11.2. The minimum absolute atomic E-state index is 0.671. The molecule has 2 saturated heterocycles. The second kappa shape index (κ2) is 3.40. The molecule has 1 aromatic carbocycles. The largest absolute Gasteiger partial charge is 0.279 e. The first-order valence-electron chi connectivity index (χ1n) is 6.51. The lowest BCUT2D eigenvalue weighted by Crippen LogP contribution is -2.28. The number of nitrogens with zero attached hydrogens (tertiary/aromatic N) is 1. The molecule has 1 aromatic rings. The van der Waals surface area contributed by atoms with E-state index in [2.05, 4.69) is 12.1 Å². The van der Waals surface area contributed by atoms with E-state index in [0.717, 1.165) is 17.9 Å². The molecule has 1 nitrogen and oxygen atoms in total. The Morgan fingerprint density at radius 3 is 2.53 bits per heavy atom. The third kappa shape index (κ3) is 1.56. The van der Waals surface area contributed by atoms with E-state index in [0.29, 0.717) is 10.0 Å². The van der Waals surface area contributed by atoms with Gasteiger partial charge in [-0.3, -0.25) is 4.48 Å². The molecule has 3 unspecified atom stereocenters. The quantitative estimate of drug-likeness (QED) is 0.560. The Labute approximate surface area is 112 Å². The number of piperidine rings is 1. The van der Waals surface area contributed by atoms with E-state index < -0.39 is 0 Å². The predicted octanol–water partition coefficient (Wildman–Crippen LogP) is 4.11. The second-order valence-corrected chi connectivity index (χ2v) is 6.80. The van der Waals surface area contributed by atoms with Crippen LogP contribution in [0, 0.1) is 11.8 Å². The maximum absolute atomic E-state index is 6.14. The summed E-state index contributed by atoms with van der Waals surface area (Å²) in [6.07, 6.45) is 4.38. The summed E-state index contributed by atoms with van der Waals surface area (Å²) in [4.78, 5) is 0. The zero-order chi connectivity index (χ0) is 11.6. The summed E-state index contributed by atoms with van der Waals surface area (Å²) in [5.74, 6) is 2.02. The lowest BCUT2D eigenvalue weighted by atomic mass is 10.00. The number of quaternary nitrogens is 1. The highest BCUT2D eigenvalue weighted by molar-refractivity contribution is 6.42. The maximum atomic E-state index is 6.14. The van der Waals surface area contributed by atoms with Crippen molar-refractivity contribution in [2.75, 3.05) is 13.1 Å². The van der Waals surface area contributed by atoms with E-state index in [9.17, 15) is 0 Å². The molecular formula is C14H16Cl2N+. The summed E-state index contributed by atoms with van der Waals surface area (Å²) >= 11 is 12.1. The molecule has 0 radical (unpaired) electrons. The summed E-state index contributed by atoms with van der Waals surface area (Å²) in [5.41, 5.74) is 1.38. The van der Waals surface area contributed by atoms with Crippen LogP contribution >= 0.6 is 23.2 Å². The smallest absolute Gasteiger partial charge is 0.144 e. The number of benzene rings is 1. The number of fused-ring (bicyclic) bond motifs is 1. The Balaban J connectivity index is 1.64. The fourth-order valence-electron chi connectivity index (χ4n) is 3.76. The van der Waals surface area contributed by atoms with Gasteiger partial charge in [-0.05, 0) is 24.8 Å². The standard InChI is InChI=1S/C14H16Cl2N/c15-13-4-3-11(6-14(13)16)17-7-10(9-1-2-9)5-12(17)8-17/h3-4,6,9-10,12H,1-2,5,7-8H2/q+1. The fourth-order valence-corrected chi connectivity index (χ4v) is 4.06. The maximum Gasteiger partial charge on any atom is 0.144 e. The lowest BCUT2D eigenvalue weighted by Gasteiger charge is -2.18. The third-order valence-electron chi connectivity index (χ3n) is 4.94. The molecule has 0 N–H and O–H groups in total. The highest BCUT2D eigenvalue weighted by atomic mass is 35.5. The van der Waals surface area contributed by atoms with Gasteiger partial charge < -0.3 is 0 Å². The summed E-state index contributed by atoms with van der Waals surface area (Å²) in [5, 5.41) is 1.38. The average molecular weight is 269 g/mol. The van der Waals surface area contributed by atoms with E-state index >= 15 is 0 Å². The van der Waals surface area contributed by atoms with Crippen LogP contribution < -0.4 is 4.48 Å². The molecule has 1 saturated carbocycles. The van der Waals surface area contributed by atoms with Gasteiger partial charge in [0.1, 0.15) is 18.3 Å². The van der Waals surface area contributed by atoms with Crippen molar-refractivity contribution in [2.45, 2.75) is 25.3 Å². The Bertz CT molecular complexity index is 483. The molecular weight excluding hydrogens is 253 g/mol. The Morgan fingerprint density at radius 2 is 1.82 bits per heavy atom. The minimum Gasteiger partial charge on any atom is -0.279 e. The molecule has 2 aliphatic heterocycles. The van der Waals surface area contributed by atoms with Crippen LogP contribution in [0.5, 0.6) is 0 Å². The van der Waals surface area contributed by atoms with Crippen molar-refractivity contribution in [2.24, 2.45) is 11.8 Å². The van der Waals surface area contributed by atoms with Crippen LogP contribution in [0.1, 0.15) is 19.3 Å². The van der Waals surface area contributed by atoms with Crippen molar-refractivity contribution in [1.82, 2.24) is 4.48 Å². The molecule has 2 heterocycles. The van der Waals surface area contributed by atoms with E-state index in [1.165, 1.54) is 42.5 Å². The first-order valence-corrected chi connectivity index (χ1v) is 7.27. The van der Waals surface area contributed by atoms with Gasteiger partial charge in [-0.15, -0.1) is 0 Å². The van der Waals surface area contributed by atoms with Crippen molar-refractivity contribution in [3.63, 3.8) is 0 Å². The topological polar surface area (TPSA) is 0 Å². The molecule has 90 valence electrons. The summed E-state index contributed by atoms with van der Waals surface area (Å²) in [6, 6.07) is 7.08. The third-order valence-corrected chi connectivity index (χ3v) is 5.68. The SMILES string of the molecule is Clc1ccc([N+]23CC(C4CC4)CC2C3)cc1Cl. The molecule has 0 spiro atoms. The molecule has 17 heavy (non-hydrogen) atoms. The van der Waals surface area contributed by atoms with E-state index in [-0.39, 0.29) is 0 Å². The van der Waals surface area contributed by atoms with Crippen LogP contribution in [-0.4, -0.2) is 19.1 Å². The van der Waals surface area contributed by atoms with Gasteiger partial charge in [-0.25, -0.2) is 0 Å². The number of halogens is 2. The monoisotopic (exact) mass is 268 g/mol. The Morgan fingerprint density at radius 1 is 1.00 bits per heavy atom. The van der Waals surface area contributed by atoms with E-state index in [4.69, 9.17) is 23.2 Å². The summed E-state index contributed by atoms with van der Waals surface area (Å²) in [7, 11) is 0. The van der Waals surface area contributed by atoms with Gasteiger partial charge in [0.05, 0.1) is 16.6 Å². The van der Waals surface area contributed by atoms with Crippen molar-refractivity contribution in [1.29, 1.82) is 0 Å². The molecule has 1 aliphatic carbocycles. The van der Waals surface area contributed by atoms with Gasteiger partial charge in [0, 0.05) is 24.5 Å². The average Bonchev–Trinajstić information content (AvgIpc) is 3.22. The zero-order valence-electron chi connectivity index (χ0n) is 9.70. The Kier molecular flexibility index (Phi) is 2.13. The van der Waals surface area contributed by atoms with E-state index in [1.54, 1.807) is 0 Å². The summed E-state index contributed by atoms with van der Waals surface area (Å²) < 4.78 is 1.19. The highest BCUT2D eigenvalue weighted by Gasteiger charge is 2.64. The van der Waals surface area contributed by atoms with Crippen LogP contribution in [-0.2, 0) is 0 Å². The van der Waals surface area contributed by atoms with Crippen LogP contribution in [0.2, 0.25) is 10.0 Å². The van der Waals surface area contributed by atoms with Crippen LogP contribution in [0.25, 0.3) is 0 Å². The van der Waals surface area contributed by atoms with E-state index in [1.807, 2.05) is 6.07 Å². The molecule has 3 atom stereocenters. The highest BCUT2D eigenvalue weighted by Crippen LogP contribution is 2.54. The molecule has 3 heteroatoms. The Hall–Kier alpha value is -0.240. The molecule has 0 amide bonds. The normalized spacial score (nSPS) is 39.2. The predicted molar refractivity (Wildman–Crippen MR) is 72.6 cm³/mol. The first kappa shape index (κ1) is 10.7. The number of rotatable bonds is 2. The number of hydrogen-bond acceptors (Lipinski definition) is 0. The van der Waals surface area contributed by atoms with Crippen LogP contribution in [0.3, 0.4) is 0 Å². The summed E-state index contributed by atoms with van der Waals surface area (Å²) in [6.45, 7) is 2.66. The lowest BCUT2D eigenvalue weighted by molar-refractivity contribution is 0.430. The first-order chi connectivity index (χ1) is 8.19. The molecule has 3 aliphatic rings. The van der Waals surface area contributed by atoms with Gasteiger partial charge in [0.15, 0.2) is 0 Å². The second-order valence-electron chi connectivity index (χ2n) is 5.98. The van der Waals surface area contributed by atoms with Crippen LogP contribution in [0.4, 0.5) is 5.69 Å². The van der Waals surface area contributed by atoms with Crippen molar-refractivity contribution >= 4 is 28.9 Å². The molecule has 3 fully saturated rings. The van der Waals surface area contributed by atoms with Gasteiger partial charge in [-0.2, -0.15) is 0 Å². The molecule has 0 bridgehead atoms. The van der Waals surface area contributed by atoms with Crippen LogP contribution in [0.15, 0.2) is 18.2 Å². The van der Waals surface area contributed by atoms with Gasteiger partial charge >= 0.3 is 0 Å². The van der Waals surface area contributed by atoms with Gasteiger partial charge in [0.2, 0.25) is 0 Å². The van der Waals surface area contributed by atoms with Crippen molar-refractivity contribution < 1.29 is 0 Å². The van der Waals surface area contributed by atoms with Crippen molar-refractivity contribution in [3.05, 3.63) is 28.2 Å². The number of hydrogen-bond donors (Lipinski definition) is 0. The molecule has 0 aromatic heterocycles. The van der Waals surface area contributed by atoms with Gasteiger partial charge in [0.25, 0.3) is 0 Å².